The van der Waals surface area contributed by atoms with Crippen molar-refractivity contribution in [3.63, 3.8) is 0 Å². The van der Waals surface area contributed by atoms with Crippen LogP contribution in [0, 0.1) is 12.7 Å². The fourth-order valence-corrected chi connectivity index (χ4v) is 1.81. The molecule has 6 heteroatoms. The topological polar surface area (TPSA) is 66.0 Å². The average Bonchev–Trinajstić information content (AvgIpc) is 2.23. The van der Waals surface area contributed by atoms with Gasteiger partial charge in [-0.3, -0.25) is 4.79 Å². The summed E-state index contributed by atoms with van der Waals surface area (Å²) < 4.78 is 13.7. The van der Waals surface area contributed by atoms with Gasteiger partial charge < -0.3 is 10.1 Å². The summed E-state index contributed by atoms with van der Waals surface area (Å²) in [5.74, 6) is -0.695. The van der Waals surface area contributed by atoms with E-state index in [0.29, 0.717) is 10.0 Å². The van der Waals surface area contributed by atoms with Crippen molar-refractivity contribution in [2.75, 3.05) is 0 Å². The highest BCUT2D eigenvalue weighted by atomic mass is 79.9. The largest absolute Gasteiger partial charge is 0.493 e. The van der Waals surface area contributed by atoms with Gasteiger partial charge in [0.1, 0.15) is 11.6 Å². The van der Waals surface area contributed by atoms with Gasteiger partial charge in [-0.1, -0.05) is 15.9 Å². The Balaban J connectivity index is 2.65. The van der Waals surface area contributed by atoms with Crippen LogP contribution in [0.5, 0.6) is 5.88 Å². The lowest BCUT2D eigenvalue weighted by molar-refractivity contribution is 0.447. The van der Waals surface area contributed by atoms with E-state index in [0.717, 1.165) is 0 Å². The zero-order chi connectivity index (χ0) is 12.6. The maximum atomic E-state index is 13.2. The Morgan fingerprint density at radius 3 is 2.71 bits per heavy atom. The molecule has 0 radical (unpaired) electrons. The summed E-state index contributed by atoms with van der Waals surface area (Å²) in [6.45, 7) is 1.45. The van der Waals surface area contributed by atoms with Crippen molar-refractivity contribution in [1.82, 2.24) is 9.97 Å². The van der Waals surface area contributed by atoms with E-state index < -0.39 is 11.4 Å². The van der Waals surface area contributed by atoms with Crippen LogP contribution in [0.15, 0.2) is 27.5 Å². The van der Waals surface area contributed by atoms with Crippen molar-refractivity contribution in [3.8, 4) is 17.3 Å². The first-order valence-electron chi connectivity index (χ1n) is 4.73. The highest BCUT2D eigenvalue weighted by Crippen LogP contribution is 2.22. The number of aromatic amines is 1. The van der Waals surface area contributed by atoms with Crippen molar-refractivity contribution in [2.45, 2.75) is 6.92 Å². The van der Waals surface area contributed by atoms with E-state index in [1.165, 1.54) is 19.1 Å². The summed E-state index contributed by atoms with van der Waals surface area (Å²) >= 11 is 3.14. The Morgan fingerprint density at radius 2 is 2.12 bits per heavy atom. The molecule has 0 saturated carbocycles. The van der Waals surface area contributed by atoms with Crippen molar-refractivity contribution in [1.29, 1.82) is 0 Å². The van der Waals surface area contributed by atoms with Crippen LogP contribution in [-0.2, 0) is 0 Å². The highest BCUT2D eigenvalue weighted by molar-refractivity contribution is 9.10. The first kappa shape index (κ1) is 11.8. The summed E-state index contributed by atoms with van der Waals surface area (Å²) in [5.41, 5.74) is 0.0568. The number of nitrogens with zero attached hydrogens (tertiary/aromatic N) is 1. The fourth-order valence-electron chi connectivity index (χ4n) is 1.35. The lowest BCUT2D eigenvalue weighted by Crippen LogP contribution is -2.12. The van der Waals surface area contributed by atoms with E-state index in [1.54, 1.807) is 6.07 Å². The van der Waals surface area contributed by atoms with Crippen molar-refractivity contribution in [3.05, 3.63) is 44.4 Å². The molecule has 0 saturated heterocycles. The lowest BCUT2D eigenvalue weighted by atomic mass is 10.2. The number of nitrogens with one attached hydrogen (secondary N) is 1. The minimum Gasteiger partial charge on any atom is -0.493 e. The molecule has 0 atom stereocenters. The zero-order valence-corrected chi connectivity index (χ0v) is 10.4. The van der Waals surface area contributed by atoms with Gasteiger partial charge in [0.2, 0.25) is 5.88 Å². The van der Waals surface area contributed by atoms with Gasteiger partial charge in [0.15, 0.2) is 0 Å². The second-order valence-corrected chi connectivity index (χ2v) is 4.44. The molecule has 17 heavy (non-hydrogen) atoms. The Morgan fingerprint density at radius 1 is 1.41 bits per heavy atom. The van der Waals surface area contributed by atoms with Crippen LogP contribution >= 0.6 is 15.9 Å². The van der Waals surface area contributed by atoms with Crippen LogP contribution < -0.4 is 5.56 Å². The normalized spacial score (nSPS) is 10.5. The van der Waals surface area contributed by atoms with Crippen LogP contribution in [0.2, 0.25) is 0 Å². The van der Waals surface area contributed by atoms with Crippen LogP contribution in [0.4, 0.5) is 4.39 Å². The summed E-state index contributed by atoms with van der Waals surface area (Å²) in [7, 11) is 0. The van der Waals surface area contributed by atoms with Gasteiger partial charge in [-0.2, -0.15) is 4.98 Å². The standard InChI is InChI=1S/C11H8BrFN2O2/c1-5-10(16)14-9(15-11(5)17)6-2-7(12)4-8(13)3-6/h2-4H,1H3,(H2,14,15,16,17). The van der Waals surface area contributed by atoms with Gasteiger partial charge in [0.25, 0.3) is 5.56 Å². The van der Waals surface area contributed by atoms with Gasteiger partial charge in [0.05, 0.1) is 5.56 Å². The van der Waals surface area contributed by atoms with Crippen LogP contribution in [0.3, 0.4) is 0 Å². The van der Waals surface area contributed by atoms with E-state index in [2.05, 4.69) is 25.9 Å². The molecule has 0 spiro atoms. The molecule has 0 unspecified atom stereocenters. The molecule has 2 N–H and O–H groups in total. The number of benzene rings is 1. The van der Waals surface area contributed by atoms with Gasteiger partial charge in [-0.15, -0.1) is 0 Å². The van der Waals surface area contributed by atoms with Crippen LogP contribution in [-0.4, -0.2) is 15.1 Å². The summed E-state index contributed by atoms with van der Waals surface area (Å²) in [5, 5.41) is 9.44. The summed E-state index contributed by atoms with van der Waals surface area (Å²) in [4.78, 5) is 17.7. The zero-order valence-electron chi connectivity index (χ0n) is 8.79. The molecule has 1 heterocycles. The molecule has 0 aliphatic carbocycles. The second kappa shape index (κ2) is 4.29. The number of hydrogen-bond donors (Lipinski definition) is 2. The van der Waals surface area contributed by atoms with E-state index in [9.17, 15) is 14.3 Å². The number of H-pyrrole nitrogens is 1. The molecule has 2 rings (SSSR count). The number of aromatic nitrogens is 2. The van der Waals surface area contributed by atoms with Gasteiger partial charge in [-0.25, -0.2) is 4.39 Å². The molecule has 88 valence electrons. The summed E-state index contributed by atoms with van der Waals surface area (Å²) in [6.07, 6.45) is 0. The van der Waals surface area contributed by atoms with E-state index in [4.69, 9.17) is 0 Å². The van der Waals surface area contributed by atoms with Gasteiger partial charge in [0, 0.05) is 10.0 Å². The van der Waals surface area contributed by atoms with Crippen molar-refractivity contribution < 1.29 is 9.50 Å². The number of halogens is 2. The predicted octanol–water partition coefficient (Wildman–Crippen LogP) is 2.35. The predicted molar refractivity (Wildman–Crippen MR) is 64.4 cm³/mol. The molecular formula is C11H8BrFN2O2. The molecule has 0 aliphatic heterocycles. The van der Waals surface area contributed by atoms with Crippen LogP contribution in [0.25, 0.3) is 11.4 Å². The third-order valence-electron chi connectivity index (χ3n) is 2.26. The third kappa shape index (κ3) is 2.36. The monoisotopic (exact) mass is 298 g/mol. The molecule has 1 aromatic carbocycles. The Labute approximate surface area is 104 Å². The molecule has 4 nitrogen and oxygen atoms in total. The first-order chi connectivity index (χ1) is 7.97. The average molecular weight is 299 g/mol. The lowest BCUT2D eigenvalue weighted by Gasteiger charge is -2.04. The Hall–Kier alpha value is -1.69. The third-order valence-corrected chi connectivity index (χ3v) is 2.72. The maximum Gasteiger partial charge on any atom is 0.257 e. The van der Waals surface area contributed by atoms with E-state index in [-0.39, 0.29) is 17.3 Å². The Bertz CT molecular complexity index is 620. The van der Waals surface area contributed by atoms with Crippen molar-refractivity contribution >= 4 is 15.9 Å². The fraction of sp³-hybridized carbons (Fsp3) is 0.0909. The smallest absolute Gasteiger partial charge is 0.257 e. The molecule has 0 aliphatic rings. The maximum absolute atomic E-state index is 13.2. The molecule has 0 bridgehead atoms. The minimum atomic E-state index is -0.461. The quantitative estimate of drug-likeness (QED) is 0.849. The molecule has 0 amide bonds. The van der Waals surface area contributed by atoms with Crippen molar-refractivity contribution in [2.24, 2.45) is 0 Å². The SMILES string of the molecule is Cc1c(O)nc(-c2cc(F)cc(Br)c2)[nH]c1=O. The first-order valence-corrected chi connectivity index (χ1v) is 5.53. The molecule has 0 fully saturated rings. The summed E-state index contributed by atoms with van der Waals surface area (Å²) in [6, 6.07) is 4.10. The highest BCUT2D eigenvalue weighted by Gasteiger charge is 2.09. The van der Waals surface area contributed by atoms with E-state index in [1.807, 2.05) is 0 Å². The van der Waals surface area contributed by atoms with Gasteiger partial charge in [-0.05, 0) is 25.1 Å². The minimum absolute atomic E-state index is 0.123. The Kier molecular flexibility index (Phi) is 2.97. The van der Waals surface area contributed by atoms with E-state index >= 15 is 0 Å². The van der Waals surface area contributed by atoms with Gasteiger partial charge >= 0.3 is 0 Å². The number of hydrogen-bond acceptors (Lipinski definition) is 3. The molecule has 1 aromatic heterocycles. The number of aromatic hydroxyl groups is 1. The molecular weight excluding hydrogens is 291 g/mol. The molecule has 2 aromatic rings. The van der Waals surface area contributed by atoms with Crippen LogP contribution in [0.1, 0.15) is 5.56 Å². The number of rotatable bonds is 1. The second-order valence-electron chi connectivity index (χ2n) is 3.52.